The smallest absolute Gasteiger partial charge is 0.223 e. The van der Waals surface area contributed by atoms with Gasteiger partial charge >= 0.3 is 0 Å². The molecule has 0 aliphatic rings. The zero-order valence-electron chi connectivity index (χ0n) is 11.4. The summed E-state index contributed by atoms with van der Waals surface area (Å²) in [5.41, 5.74) is 6.95. The summed E-state index contributed by atoms with van der Waals surface area (Å²) in [7, 11) is 1.92. The van der Waals surface area contributed by atoms with Crippen molar-refractivity contribution in [3.05, 3.63) is 28.9 Å². The van der Waals surface area contributed by atoms with Gasteiger partial charge in [0.05, 0.1) is 11.6 Å². The molecule has 0 aliphatic carbocycles. The molecule has 20 heavy (non-hydrogen) atoms. The number of hydrogen-bond acceptors (Lipinski definition) is 6. The highest BCUT2D eigenvalue weighted by Gasteiger charge is 2.09. The molecule has 0 radical (unpaired) electrons. The van der Waals surface area contributed by atoms with E-state index in [-0.39, 0.29) is 0 Å². The maximum absolute atomic E-state index is 5.75. The van der Waals surface area contributed by atoms with Gasteiger partial charge < -0.3 is 11.1 Å². The van der Waals surface area contributed by atoms with Crippen molar-refractivity contribution in [2.24, 2.45) is 7.05 Å². The molecule has 6 nitrogen and oxygen atoms in total. The molecule has 0 aliphatic heterocycles. The van der Waals surface area contributed by atoms with Crippen molar-refractivity contribution in [2.75, 3.05) is 17.6 Å². The molecule has 0 spiro atoms. The first kappa shape index (κ1) is 12.9. The van der Waals surface area contributed by atoms with E-state index in [9.17, 15) is 0 Å². The number of thiophene rings is 1. The minimum absolute atomic E-state index is 0.309. The van der Waals surface area contributed by atoms with Crippen molar-refractivity contribution in [3.63, 3.8) is 0 Å². The normalized spacial score (nSPS) is 11.1. The van der Waals surface area contributed by atoms with Crippen LogP contribution in [0.3, 0.4) is 0 Å². The van der Waals surface area contributed by atoms with Gasteiger partial charge in [-0.15, -0.1) is 11.3 Å². The molecular weight excluding hydrogens is 272 g/mol. The van der Waals surface area contributed by atoms with E-state index in [0.717, 1.165) is 29.0 Å². The van der Waals surface area contributed by atoms with E-state index in [1.54, 1.807) is 16.0 Å². The number of nitrogen functional groups attached to an aromatic ring is 1. The largest absolute Gasteiger partial charge is 0.369 e. The zero-order valence-corrected chi connectivity index (χ0v) is 12.2. The SMILES string of the molecule is Cc1cc2c(NCCc3cnn(C)c3)nc(N)nc2s1. The Bertz CT molecular complexity index is 744. The van der Waals surface area contributed by atoms with Crippen LogP contribution in [-0.4, -0.2) is 26.3 Å². The molecule has 0 bridgehead atoms. The maximum atomic E-state index is 5.75. The van der Waals surface area contributed by atoms with Crippen LogP contribution in [-0.2, 0) is 13.5 Å². The summed E-state index contributed by atoms with van der Waals surface area (Å²) in [6, 6.07) is 2.09. The fourth-order valence-corrected chi connectivity index (χ4v) is 3.01. The maximum Gasteiger partial charge on any atom is 0.223 e. The third-order valence-electron chi connectivity index (χ3n) is 3.00. The van der Waals surface area contributed by atoms with Crippen LogP contribution in [0.2, 0.25) is 0 Å². The van der Waals surface area contributed by atoms with E-state index in [1.165, 1.54) is 10.4 Å². The Morgan fingerprint density at radius 3 is 3.00 bits per heavy atom. The van der Waals surface area contributed by atoms with Crippen LogP contribution in [0.25, 0.3) is 10.2 Å². The lowest BCUT2D eigenvalue weighted by Gasteiger charge is -2.06. The topological polar surface area (TPSA) is 81.7 Å². The number of nitrogens with two attached hydrogens (primary N) is 1. The van der Waals surface area contributed by atoms with E-state index in [0.29, 0.717) is 5.95 Å². The van der Waals surface area contributed by atoms with Crippen LogP contribution in [0.15, 0.2) is 18.5 Å². The average molecular weight is 288 g/mol. The van der Waals surface area contributed by atoms with Gasteiger partial charge in [0.25, 0.3) is 0 Å². The first-order valence-corrected chi connectivity index (χ1v) is 7.18. The Labute approximate surface area is 120 Å². The quantitative estimate of drug-likeness (QED) is 0.767. The highest BCUT2D eigenvalue weighted by Crippen LogP contribution is 2.28. The van der Waals surface area contributed by atoms with E-state index >= 15 is 0 Å². The lowest BCUT2D eigenvalue weighted by molar-refractivity contribution is 0.767. The fraction of sp³-hybridized carbons (Fsp3) is 0.308. The summed E-state index contributed by atoms with van der Waals surface area (Å²) in [6.45, 7) is 2.84. The zero-order chi connectivity index (χ0) is 14.1. The summed E-state index contributed by atoms with van der Waals surface area (Å²) < 4.78 is 1.80. The van der Waals surface area contributed by atoms with E-state index in [2.05, 4.69) is 33.4 Å². The molecule has 3 N–H and O–H groups in total. The van der Waals surface area contributed by atoms with E-state index in [4.69, 9.17) is 5.73 Å². The number of aromatic nitrogens is 4. The molecule has 104 valence electrons. The number of fused-ring (bicyclic) bond motifs is 1. The third-order valence-corrected chi connectivity index (χ3v) is 3.94. The van der Waals surface area contributed by atoms with Crippen LogP contribution < -0.4 is 11.1 Å². The molecule has 0 saturated carbocycles. The van der Waals surface area contributed by atoms with Crippen molar-refractivity contribution < 1.29 is 0 Å². The van der Waals surface area contributed by atoms with Gasteiger partial charge in [0.1, 0.15) is 10.6 Å². The second kappa shape index (κ2) is 5.09. The number of hydrogen-bond donors (Lipinski definition) is 2. The van der Waals surface area contributed by atoms with Crippen molar-refractivity contribution in [1.82, 2.24) is 19.7 Å². The molecule has 0 unspecified atom stereocenters. The van der Waals surface area contributed by atoms with Gasteiger partial charge in [0, 0.05) is 24.7 Å². The summed E-state index contributed by atoms with van der Waals surface area (Å²) in [5.74, 6) is 1.11. The summed E-state index contributed by atoms with van der Waals surface area (Å²) in [5, 5.41) is 8.53. The standard InChI is InChI=1S/C13H16N6S/c1-8-5-10-11(17-13(14)18-12(10)20-8)15-4-3-9-6-16-19(2)7-9/h5-7H,3-4H2,1-2H3,(H3,14,15,17,18). The molecule has 7 heteroatoms. The van der Waals surface area contributed by atoms with Crippen molar-refractivity contribution in [1.29, 1.82) is 0 Å². The predicted molar refractivity (Wildman–Crippen MR) is 82.0 cm³/mol. The van der Waals surface area contributed by atoms with Crippen molar-refractivity contribution >= 4 is 33.3 Å². The first-order chi connectivity index (χ1) is 9.61. The Morgan fingerprint density at radius 2 is 2.25 bits per heavy atom. The van der Waals surface area contributed by atoms with Gasteiger partial charge in [-0.3, -0.25) is 4.68 Å². The lowest BCUT2D eigenvalue weighted by atomic mass is 10.2. The molecule has 3 rings (SSSR count). The monoisotopic (exact) mass is 288 g/mol. The minimum Gasteiger partial charge on any atom is -0.369 e. The lowest BCUT2D eigenvalue weighted by Crippen LogP contribution is -2.08. The Balaban J connectivity index is 1.76. The fourth-order valence-electron chi connectivity index (χ4n) is 2.12. The third kappa shape index (κ3) is 2.57. The number of anilines is 2. The van der Waals surface area contributed by atoms with Crippen LogP contribution in [0.4, 0.5) is 11.8 Å². The highest BCUT2D eigenvalue weighted by molar-refractivity contribution is 7.18. The van der Waals surface area contributed by atoms with Gasteiger partial charge in [-0.05, 0) is 25.0 Å². The van der Waals surface area contributed by atoms with Crippen molar-refractivity contribution in [2.45, 2.75) is 13.3 Å². The van der Waals surface area contributed by atoms with Crippen molar-refractivity contribution in [3.8, 4) is 0 Å². The van der Waals surface area contributed by atoms with E-state index < -0.39 is 0 Å². The number of nitrogens with zero attached hydrogens (tertiary/aromatic N) is 4. The molecule has 0 atom stereocenters. The van der Waals surface area contributed by atoms with Crippen LogP contribution >= 0.6 is 11.3 Å². The predicted octanol–water partition coefficient (Wildman–Crippen LogP) is 1.97. The molecular formula is C13H16N6S. The first-order valence-electron chi connectivity index (χ1n) is 6.37. The number of rotatable bonds is 4. The molecule has 0 aromatic carbocycles. The number of aryl methyl sites for hydroxylation is 2. The second-order valence-corrected chi connectivity index (χ2v) is 5.94. The molecule has 0 saturated heterocycles. The van der Waals surface area contributed by atoms with Gasteiger partial charge in [-0.1, -0.05) is 0 Å². The van der Waals surface area contributed by atoms with Gasteiger partial charge in [-0.25, -0.2) is 4.98 Å². The summed E-state index contributed by atoms with van der Waals surface area (Å²) in [4.78, 5) is 10.7. The van der Waals surface area contributed by atoms with Gasteiger partial charge in [-0.2, -0.15) is 10.1 Å². The Morgan fingerprint density at radius 1 is 1.40 bits per heavy atom. The van der Waals surface area contributed by atoms with Crippen LogP contribution in [0.5, 0.6) is 0 Å². The number of nitrogens with one attached hydrogen (secondary N) is 1. The molecule has 3 aromatic rings. The Kier molecular flexibility index (Phi) is 3.27. The Hall–Kier alpha value is -2.15. The molecule has 0 fully saturated rings. The van der Waals surface area contributed by atoms with Gasteiger partial charge in [0.15, 0.2) is 0 Å². The minimum atomic E-state index is 0.309. The summed E-state index contributed by atoms with van der Waals surface area (Å²) >= 11 is 1.63. The van der Waals surface area contributed by atoms with E-state index in [1.807, 2.05) is 19.4 Å². The highest BCUT2D eigenvalue weighted by atomic mass is 32.1. The molecule has 3 aromatic heterocycles. The second-order valence-electron chi connectivity index (χ2n) is 4.71. The molecule has 3 heterocycles. The van der Waals surface area contributed by atoms with Crippen LogP contribution in [0.1, 0.15) is 10.4 Å². The summed E-state index contributed by atoms with van der Waals surface area (Å²) in [6.07, 6.45) is 4.78. The molecule has 0 amide bonds. The van der Waals surface area contributed by atoms with Gasteiger partial charge in [0.2, 0.25) is 5.95 Å². The van der Waals surface area contributed by atoms with Crippen LogP contribution in [0, 0.1) is 6.92 Å². The average Bonchev–Trinajstić information content (AvgIpc) is 2.94.